The molecule has 2 heterocycles. The minimum atomic E-state index is -3.63. The maximum absolute atomic E-state index is 12.8. The second-order valence-electron chi connectivity index (χ2n) is 7.41. The van der Waals surface area contributed by atoms with E-state index in [0.717, 1.165) is 6.42 Å². The van der Waals surface area contributed by atoms with Gasteiger partial charge in [0.1, 0.15) is 5.69 Å². The maximum atomic E-state index is 12.8. The molecule has 1 aromatic heterocycles. The lowest BCUT2D eigenvalue weighted by Gasteiger charge is -2.30. The Kier molecular flexibility index (Phi) is 7.34. The number of hydrogen-bond donors (Lipinski definition) is 2. The quantitative estimate of drug-likeness (QED) is 0.648. The first-order chi connectivity index (χ1) is 14.7. The topological polar surface area (TPSA) is 113 Å². The summed E-state index contributed by atoms with van der Waals surface area (Å²) in [6.07, 6.45) is 3.01. The van der Waals surface area contributed by atoms with Crippen LogP contribution in [0.1, 0.15) is 36.7 Å². The number of amides is 2. The summed E-state index contributed by atoms with van der Waals surface area (Å²) >= 11 is 5.84. The van der Waals surface area contributed by atoms with Crippen molar-refractivity contribution in [2.24, 2.45) is 13.0 Å². The molecule has 1 aliphatic rings. The molecule has 0 atom stereocenters. The number of sulfonamides is 1. The van der Waals surface area contributed by atoms with Crippen molar-refractivity contribution in [3.63, 3.8) is 0 Å². The summed E-state index contributed by atoms with van der Waals surface area (Å²) in [4.78, 5) is 25.3. The number of nitrogens with one attached hydrogen (secondary N) is 2. The molecule has 0 radical (unpaired) electrons. The van der Waals surface area contributed by atoms with E-state index in [9.17, 15) is 18.0 Å². The van der Waals surface area contributed by atoms with Crippen molar-refractivity contribution >= 4 is 39.1 Å². The fourth-order valence-electron chi connectivity index (χ4n) is 3.47. The average molecular weight is 468 g/mol. The first-order valence-corrected chi connectivity index (χ1v) is 11.9. The number of carbonyl (C=O) groups is 2. The highest BCUT2D eigenvalue weighted by atomic mass is 35.5. The number of aromatic nitrogens is 2. The van der Waals surface area contributed by atoms with Crippen molar-refractivity contribution in [1.82, 2.24) is 19.4 Å². The minimum Gasteiger partial charge on any atom is -0.351 e. The van der Waals surface area contributed by atoms with Gasteiger partial charge >= 0.3 is 0 Å². The first-order valence-electron chi connectivity index (χ1n) is 10.1. The number of halogens is 1. The average Bonchev–Trinajstić information content (AvgIpc) is 3.12. The Hall–Kier alpha value is -2.43. The normalized spacial score (nSPS) is 15.6. The summed E-state index contributed by atoms with van der Waals surface area (Å²) in [6.45, 7) is 2.95. The molecule has 2 N–H and O–H groups in total. The number of nitrogens with zero attached hydrogens (tertiary/aromatic N) is 3. The Morgan fingerprint density at radius 1 is 1.19 bits per heavy atom. The molecule has 0 unspecified atom stereocenters. The van der Waals surface area contributed by atoms with Gasteiger partial charge in [0.05, 0.1) is 16.8 Å². The maximum Gasteiger partial charge on any atom is 0.271 e. The van der Waals surface area contributed by atoms with Gasteiger partial charge in [-0.25, -0.2) is 8.42 Å². The highest BCUT2D eigenvalue weighted by Crippen LogP contribution is 2.26. The Morgan fingerprint density at radius 2 is 1.84 bits per heavy atom. The highest BCUT2D eigenvalue weighted by molar-refractivity contribution is 7.89. The summed E-state index contributed by atoms with van der Waals surface area (Å²) in [5, 5.41) is 10.1. The number of rotatable bonds is 7. The van der Waals surface area contributed by atoms with Crippen LogP contribution in [0, 0.1) is 5.92 Å². The molecule has 11 heteroatoms. The van der Waals surface area contributed by atoms with Crippen LogP contribution in [0.3, 0.4) is 0 Å². The molecule has 2 amide bonds. The van der Waals surface area contributed by atoms with Crippen LogP contribution >= 0.6 is 11.6 Å². The monoisotopic (exact) mass is 467 g/mol. The number of piperidine rings is 1. The van der Waals surface area contributed by atoms with Gasteiger partial charge in [-0.1, -0.05) is 18.5 Å². The second-order valence-corrected chi connectivity index (χ2v) is 9.78. The molecule has 3 rings (SSSR count). The van der Waals surface area contributed by atoms with Crippen molar-refractivity contribution in [3.05, 3.63) is 41.2 Å². The molecule has 31 heavy (non-hydrogen) atoms. The predicted molar refractivity (Wildman–Crippen MR) is 117 cm³/mol. The van der Waals surface area contributed by atoms with E-state index in [1.54, 1.807) is 7.05 Å². The standard InChI is InChI=1S/C20H26ClN5O4S/c1-3-10-22-20(28)18-17(13-23-25(18)2)24-19(27)14-8-11-26(12-9-14)31(29,30)16-6-4-15(21)5-7-16/h4-7,13-14H,3,8-12H2,1-2H3,(H,22,28)(H,24,27). The summed E-state index contributed by atoms with van der Waals surface area (Å²) in [7, 11) is -2.00. The van der Waals surface area contributed by atoms with E-state index in [-0.39, 0.29) is 41.4 Å². The Bertz CT molecular complexity index is 1040. The lowest BCUT2D eigenvalue weighted by Crippen LogP contribution is -2.41. The van der Waals surface area contributed by atoms with Crippen LogP contribution in [0.15, 0.2) is 35.4 Å². The van der Waals surface area contributed by atoms with Gasteiger partial charge in [-0.15, -0.1) is 0 Å². The Labute approximate surface area is 186 Å². The van der Waals surface area contributed by atoms with Gasteiger partial charge in [-0.3, -0.25) is 14.3 Å². The molecule has 1 aliphatic heterocycles. The SMILES string of the molecule is CCCNC(=O)c1c(NC(=O)C2CCN(S(=O)(=O)c3ccc(Cl)cc3)CC2)cnn1C. The van der Waals surface area contributed by atoms with Crippen LogP contribution in [-0.2, 0) is 21.9 Å². The van der Waals surface area contributed by atoms with Gasteiger partial charge in [0.15, 0.2) is 0 Å². The molecule has 0 bridgehead atoms. The van der Waals surface area contributed by atoms with Crippen LogP contribution in [-0.4, -0.2) is 54.0 Å². The highest BCUT2D eigenvalue weighted by Gasteiger charge is 2.32. The fraction of sp³-hybridized carbons (Fsp3) is 0.450. The predicted octanol–water partition coefficient (Wildman–Crippen LogP) is 2.25. The minimum absolute atomic E-state index is 0.179. The third-order valence-electron chi connectivity index (χ3n) is 5.22. The van der Waals surface area contributed by atoms with E-state index in [4.69, 9.17) is 11.6 Å². The van der Waals surface area contributed by atoms with Crippen LogP contribution in [0.25, 0.3) is 0 Å². The van der Waals surface area contributed by atoms with Gasteiger partial charge in [-0.2, -0.15) is 9.40 Å². The largest absolute Gasteiger partial charge is 0.351 e. The molecule has 0 spiro atoms. The second kappa shape index (κ2) is 9.80. The van der Waals surface area contributed by atoms with Crippen LogP contribution in [0.2, 0.25) is 5.02 Å². The van der Waals surface area contributed by atoms with Gasteiger partial charge in [-0.05, 0) is 43.5 Å². The number of anilines is 1. The lowest BCUT2D eigenvalue weighted by atomic mass is 9.97. The van der Waals surface area contributed by atoms with E-state index in [0.29, 0.717) is 30.1 Å². The summed E-state index contributed by atoms with van der Waals surface area (Å²) in [6, 6.07) is 6.03. The molecule has 168 valence electrons. The van der Waals surface area contributed by atoms with Gasteiger partial charge < -0.3 is 10.6 Å². The zero-order valence-corrected chi connectivity index (χ0v) is 19.0. The van der Waals surface area contributed by atoms with Gasteiger partial charge in [0.2, 0.25) is 15.9 Å². The molecular formula is C20H26ClN5O4S. The lowest BCUT2D eigenvalue weighted by molar-refractivity contribution is -0.120. The van der Waals surface area contributed by atoms with Crippen molar-refractivity contribution in [2.75, 3.05) is 25.0 Å². The van der Waals surface area contributed by atoms with E-state index in [1.165, 1.54) is 39.4 Å². The van der Waals surface area contributed by atoms with Crippen molar-refractivity contribution in [2.45, 2.75) is 31.1 Å². The van der Waals surface area contributed by atoms with Gasteiger partial charge in [0.25, 0.3) is 5.91 Å². The van der Waals surface area contributed by atoms with Crippen LogP contribution < -0.4 is 10.6 Å². The van der Waals surface area contributed by atoms with E-state index in [2.05, 4.69) is 15.7 Å². The Balaban J connectivity index is 1.62. The Morgan fingerprint density at radius 3 is 2.45 bits per heavy atom. The number of hydrogen-bond acceptors (Lipinski definition) is 5. The number of aryl methyl sites for hydroxylation is 1. The summed E-state index contributed by atoms with van der Waals surface area (Å²) in [5.41, 5.74) is 0.627. The first kappa shape index (κ1) is 23.2. The summed E-state index contributed by atoms with van der Waals surface area (Å²) in [5.74, 6) is -0.912. The molecule has 1 saturated heterocycles. The third kappa shape index (κ3) is 5.25. The molecule has 2 aromatic rings. The van der Waals surface area contributed by atoms with E-state index >= 15 is 0 Å². The molecule has 9 nitrogen and oxygen atoms in total. The zero-order valence-electron chi connectivity index (χ0n) is 17.5. The van der Waals surface area contributed by atoms with Gasteiger partial charge in [0, 0.05) is 37.6 Å². The van der Waals surface area contributed by atoms with E-state index < -0.39 is 10.0 Å². The molecule has 0 aliphatic carbocycles. The smallest absolute Gasteiger partial charge is 0.271 e. The fourth-order valence-corrected chi connectivity index (χ4v) is 5.06. The molecule has 0 saturated carbocycles. The summed E-state index contributed by atoms with van der Waals surface area (Å²) < 4.78 is 28.4. The van der Waals surface area contributed by atoms with Crippen molar-refractivity contribution < 1.29 is 18.0 Å². The number of carbonyl (C=O) groups excluding carboxylic acids is 2. The van der Waals surface area contributed by atoms with Crippen LogP contribution in [0.5, 0.6) is 0 Å². The van der Waals surface area contributed by atoms with Crippen molar-refractivity contribution in [1.29, 1.82) is 0 Å². The molecular weight excluding hydrogens is 442 g/mol. The third-order valence-corrected chi connectivity index (χ3v) is 7.39. The molecule has 1 fully saturated rings. The zero-order chi connectivity index (χ0) is 22.6. The van der Waals surface area contributed by atoms with E-state index in [1.807, 2.05) is 6.92 Å². The molecule has 1 aromatic carbocycles. The van der Waals surface area contributed by atoms with Crippen molar-refractivity contribution in [3.8, 4) is 0 Å². The number of benzene rings is 1. The van der Waals surface area contributed by atoms with Crippen LogP contribution in [0.4, 0.5) is 5.69 Å².